The van der Waals surface area contributed by atoms with Crippen LogP contribution in [0.4, 0.5) is 0 Å². The van der Waals surface area contributed by atoms with E-state index in [1.54, 1.807) is 0 Å². The van der Waals surface area contributed by atoms with Gasteiger partial charge in [0.2, 0.25) is 0 Å². The van der Waals surface area contributed by atoms with E-state index in [1.165, 1.54) is 11.1 Å². The fraction of sp³-hybridized carbons (Fsp3) is 0.286. The number of imidazole rings is 1. The summed E-state index contributed by atoms with van der Waals surface area (Å²) in [7, 11) is 0. The molecule has 0 aliphatic heterocycles. The van der Waals surface area contributed by atoms with Crippen LogP contribution in [0.25, 0.3) is 0 Å². The van der Waals surface area contributed by atoms with Gasteiger partial charge in [-0.2, -0.15) is 11.8 Å². The number of nitrogens with zero attached hydrogens (tertiary/aromatic N) is 2. The number of aromatic nitrogens is 2. The first-order chi connectivity index (χ1) is 12.7. The highest BCUT2D eigenvalue weighted by atomic mass is 35.5. The molecule has 1 atom stereocenters. The third-order valence-corrected chi connectivity index (χ3v) is 6.28. The van der Waals surface area contributed by atoms with Gasteiger partial charge in [-0.15, -0.1) is 0 Å². The molecular formula is C21H22Cl2N2S. The topological polar surface area (TPSA) is 17.8 Å². The Hall–Kier alpha value is -1.42. The van der Waals surface area contributed by atoms with Crippen LogP contribution >= 0.6 is 35.0 Å². The zero-order chi connectivity index (χ0) is 18.2. The first-order valence-electron chi connectivity index (χ1n) is 8.75. The number of rotatable bonds is 9. The molecule has 136 valence electrons. The van der Waals surface area contributed by atoms with Gasteiger partial charge < -0.3 is 4.57 Å². The second kappa shape index (κ2) is 10.1. The number of benzene rings is 2. The van der Waals surface area contributed by atoms with Crippen LogP contribution in [0.1, 0.15) is 24.0 Å². The van der Waals surface area contributed by atoms with Crippen molar-refractivity contribution in [2.75, 3.05) is 0 Å². The average Bonchev–Trinajstić information content (AvgIpc) is 3.17. The molecule has 0 saturated heterocycles. The lowest BCUT2D eigenvalue weighted by Gasteiger charge is -2.17. The maximum Gasteiger partial charge on any atom is 0.0945 e. The number of hydrogen-bond acceptors (Lipinski definition) is 2. The molecule has 5 heteroatoms. The van der Waals surface area contributed by atoms with Crippen molar-refractivity contribution in [3.05, 3.63) is 88.4 Å². The SMILES string of the molecule is Clc1ccc(CCC(CCn2ccnc2)SCc2ccc(Cl)cc2)cc1. The van der Waals surface area contributed by atoms with Crippen molar-refractivity contribution < 1.29 is 0 Å². The van der Waals surface area contributed by atoms with Crippen molar-refractivity contribution >= 4 is 35.0 Å². The molecule has 0 fully saturated rings. The Morgan fingerprint density at radius 3 is 2.15 bits per heavy atom. The van der Waals surface area contributed by atoms with Crippen molar-refractivity contribution in [2.24, 2.45) is 0 Å². The largest absolute Gasteiger partial charge is 0.337 e. The van der Waals surface area contributed by atoms with E-state index in [-0.39, 0.29) is 0 Å². The molecule has 26 heavy (non-hydrogen) atoms. The molecule has 0 N–H and O–H groups in total. The second-order valence-corrected chi connectivity index (χ2v) is 8.48. The lowest BCUT2D eigenvalue weighted by atomic mass is 10.1. The molecule has 2 aromatic carbocycles. The van der Waals surface area contributed by atoms with Crippen molar-refractivity contribution in [1.29, 1.82) is 0 Å². The Morgan fingerprint density at radius 2 is 1.54 bits per heavy atom. The zero-order valence-corrected chi connectivity index (χ0v) is 16.9. The van der Waals surface area contributed by atoms with Gasteiger partial charge in [-0.05, 0) is 54.7 Å². The molecule has 0 spiro atoms. The van der Waals surface area contributed by atoms with Crippen LogP contribution in [0.3, 0.4) is 0 Å². The standard InChI is InChI=1S/C21H22Cl2N2S/c22-19-6-1-17(2-7-19)5-10-21(11-13-25-14-12-24-16-25)26-15-18-3-8-20(23)9-4-18/h1-4,6-9,12,14,16,21H,5,10-11,13,15H2. The van der Waals surface area contributed by atoms with E-state index in [1.807, 2.05) is 54.7 Å². The van der Waals surface area contributed by atoms with Crippen molar-refractivity contribution in [3.8, 4) is 0 Å². The molecule has 0 saturated carbocycles. The molecule has 0 radical (unpaired) electrons. The summed E-state index contributed by atoms with van der Waals surface area (Å²) in [5.74, 6) is 1.01. The summed E-state index contributed by atoms with van der Waals surface area (Å²) in [5.41, 5.74) is 2.66. The summed E-state index contributed by atoms with van der Waals surface area (Å²) in [6.45, 7) is 0.999. The molecule has 1 unspecified atom stereocenters. The van der Waals surface area contributed by atoms with Gasteiger partial charge in [0, 0.05) is 40.0 Å². The van der Waals surface area contributed by atoms with E-state index < -0.39 is 0 Å². The quantitative estimate of drug-likeness (QED) is 0.404. The summed E-state index contributed by atoms with van der Waals surface area (Å²) >= 11 is 14.0. The minimum Gasteiger partial charge on any atom is -0.337 e. The fourth-order valence-electron chi connectivity index (χ4n) is 2.80. The molecule has 0 aliphatic rings. The predicted molar refractivity (Wildman–Crippen MR) is 113 cm³/mol. The molecule has 0 amide bonds. The van der Waals surface area contributed by atoms with Crippen LogP contribution < -0.4 is 0 Å². The first-order valence-corrected chi connectivity index (χ1v) is 10.6. The lowest BCUT2D eigenvalue weighted by Crippen LogP contribution is -2.09. The molecule has 0 aliphatic carbocycles. The number of aryl methyl sites for hydroxylation is 2. The summed E-state index contributed by atoms with van der Waals surface area (Å²) in [6, 6.07) is 16.3. The third kappa shape index (κ3) is 6.39. The molecule has 0 bridgehead atoms. The average molecular weight is 405 g/mol. The van der Waals surface area contributed by atoms with Gasteiger partial charge in [0.1, 0.15) is 0 Å². The molecule has 2 nitrogen and oxygen atoms in total. The van der Waals surface area contributed by atoms with E-state index in [2.05, 4.69) is 33.8 Å². The molecular weight excluding hydrogens is 383 g/mol. The Morgan fingerprint density at radius 1 is 0.885 bits per heavy atom. The van der Waals surface area contributed by atoms with E-state index in [0.717, 1.165) is 41.6 Å². The maximum atomic E-state index is 5.99. The van der Waals surface area contributed by atoms with Crippen LogP contribution in [-0.2, 0) is 18.7 Å². The van der Waals surface area contributed by atoms with Gasteiger partial charge in [0.25, 0.3) is 0 Å². The summed E-state index contributed by atoms with van der Waals surface area (Å²) < 4.78 is 2.15. The zero-order valence-electron chi connectivity index (χ0n) is 14.5. The smallest absolute Gasteiger partial charge is 0.0945 e. The van der Waals surface area contributed by atoms with E-state index in [0.29, 0.717) is 5.25 Å². The first kappa shape index (κ1) is 19.3. The van der Waals surface area contributed by atoms with Gasteiger partial charge in [-0.1, -0.05) is 47.5 Å². The van der Waals surface area contributed by atoms with Crippen molar-refractivity contribution in [1.82, 2.24) is 9.55 Å². The summed E-state index contributed by atoms with van der Waals surface area (Å²) in [5, 5.41) is 2.17. The van der Waals surface area contributed by atoms with E-state index in [9.17, 15) is 0 Å². The van der Waals surface area contributed by atoms with Gasteiger partial charge in [-0.25, -0.2) is 4.98 Å². The van der Waals surface area contributed by atoms with E-state index in [4.69, 9.17) is 23.2 Å². The minimum atomic E-state index is 0.587. The number of halogens is 2. The van der Waals surface area contributed by atoms with Crippen molar-refractivity contribution in [2.45, 2.75) is 36.8 Å². The highest BCUT2D eigenvalue weighted by molar-refractivity contribution is 7.99. The third-order valence-electron chi connectivity index (χ3n) is 4.34. The van der Waals surface area contributed by atoms with Crippen LogP contribution in [0.5, 0.6) is 0 Å². The lowest BCUT2D eigenvalue weighted by molar-refractivity contribution is 0.598. The molecule has 3 aromatic rings. The normalized spacial score (nSPS) is 12.2. The van der Waals surface area contributed by atoms with Gasteiger partial charge in [0.15, 0.2) is 0 Å². The Kier molecular flexibility index (Phi) is 7.48. The van der Waals surface area contributed by atoms with Gasteiger partial charge >= 0.3 is 0 Å². The highest BCUT2D eigenvalue weighted by Gasteiger charge is 2.11. The Balaban J connectivity index is 1.56. The predicted octanol–water partition coefficient (Wildman–Crippen LogP) is 6.51. The molecule has 3 rings (SSSR count). The monoisotopic (exact) mass is 404 g/mol. The second-order valence-electron chi connectivity index (χ2n) is 6.31. The molecule has 1 heterocycles. The molecule has 1 aromatic heterocycles. The van der Waals surface area contributed by atoms with E-state index >= 15 is 0 Å². The van der Waals surface area contributed by atoms with Crippen molar-refractivity contribution in [3.63, 3.8) is 0 Å². The van der Waals surface area contributed by atoms with Crippen LogP contribution in [0.2, 0.25) is 10.0 Å². The Bertz CT molecular complexity index is 721. The summed E-state index contributed by atoms with van der Waals surface area (Å²) in [6.07, 6.45) is 9.10. The van der Waals surface area contributed by atoms with Crippen LogP contribution in [0.15, 0.2) is 67.3 Å². The van der Waals surface area contributed by atoms with Gasteiger partial charge in [-0.3, -0.25) is 0 Å². The number of hydrogen-bond donors (Lipinski definition) is 0. The van der Waals surface area contributed by atoms with Crippen LogP contribution in [-0.4, -0.2) is 14.8 Å². The number of thioether (sulfide) groups is 1. The minimum absolute atomic E-state index is 0.587. The highest BCUT2D eigenvalue weighted by Crippen LogP contribution is 2.26. The maximum absolute atomic E-state index is 5.99. The fourth-order valence-corrected chi connectivity index (χ4v) is 4.23. The summed E-state index contributed by atoms with van der Waals surface area (Å²) in [4.78, 5) is 4.13. The Labute approximate surface area is 169 Å². The van der Waals surface area contributed by atoms with Gasteiger partial charge in [0.05, 0.1) is 6.33 Å². The van der Waals surface area contributed by atoms with Crippen LogP contribution in [0, 0.1) is 0 Å².